The SMILES string of the molecule is CN(C/C(=C\c1ccccc1Br)C(=O)c1ccccc1)Cc1ccccc1.Cl. The second-order valence-electron chi connectivity index (χ2n) is 6.54. The summed E-state index contributed by atoms with van der Waals surface area (Å²) in [4.78, 5) is 15.3. The van der Waals surface area contributed by atoms with Crippen molar-refractivity contribution in [3.05, 3.63) is 112 Å². The standard InChI is InChI=1S/C24H22BrNO.ClH/c1-26(17-19-10-4-2-5-11-19)18-22(16-21-14-8-9-15-23(21)25)24(27)20-12-6-3-7-13-20;/h2-16H,17-18H2,1H3;1H/b22-16+;. The molecule has 2 nitrogen and oxygen atoms in total. The van der Waals surface area contributed by atoms with Gasteiger partial charge in [0.25, 0.3) is 0 Å². The number of benzene rings is 3. The van der Waals surface area contributed by atoms with Crippen molar-refractivity contribution in [3.63, 3.8) is 0 Å². The van der Waals surface area contributed by atoms with E-state index in [0.717, 1.165) is 22.2 Å². The number of nitrogens with zero attached hydrogens (tertiary/aromatic N) is 1. The molecule has 0 spiro atoms. The number of rotatable bonds is 7. The average molecular weight is 457 g/mol. The van der Waals surface area contributed by atoms with Gasteiger partial charge in [-0.2, -0.15) is 0 Å². The molecule has 0 radical (unpaired) electrons. The van der Waals surface area contributed by atoms with Crippen LogP contribution in [0, 0.1) is 0 Å². The Hall–Kier alpha value is -2.20. The first-order valence-electron chi connectivity index (χ1n) is 8.91. The van der Waals surface area contributed by atoms with Crippen LogP contribution in [-0.4, -0.2) is 24.3 Å². The zero-order valence-corrected chi connectivity index (χ0v) is 18.1. The Kier molecular flexibility index (Phi) is 8.65. The molecule has 0 fully saturated rings. The third-order valence-corrected chi connectivity index (χ3v) is 5.02. The van der Waals surface area contributed by atoms with Gasteiger partial charge in [0, 0.05) is 28.7 Å². The minimum absolute atomic E-state index is 0. The van der Waals surface area contributed by atoms with E-state index < -0.39 is 0 Å². The highest BCUT2D eigenvalue weighted by Gasteiger charge is 2.15. The number of hydrogen-bond acceptors (Lipinski definition) is 2. The van der Waals surface area contributed by atoms with Crippen molar-refractivity contribution >= 4 is 40.2 Å². The maximum absolute atomic E-state index is 13.1. The third-order valence-electron chi connectivity index (χ3n) is 4.30. The lowest BCUT2D eigenvalue weighted by Gasteiger charge is -2.19. The number of halogens is 2. The molecule has 0 N–H and O–H groups in total. The normalized spacial score (nSPS) is 11.2. The number of carbonyl (C=O) groups is 1. The third kappa shape index (κ3) is 6.16. The van der Waals surface area contributed by atoms with Crippen LogP contribution < -0.4 is 0 Å². The molecular formula is C24H23BrClNO. The van der Waals surface area contributed by atoms with Crippen molar-refractivity contribution in [1.29, 1.82) is 0 Å². The van der Waals surface area contributed by atoms with Crippen molar-refractivity contribution in [1.82, 2.24) is 4.90 Å². The predicted molar refractivity (Wildman–Crippen MR) is 123 cm³/mol. The van der Waals surface area contributed by atoms with E-state index in [1.165, 1.54) is 5.56 Å². The van der Waals surface area contributed by atoms with Crippen LogP contribution in [0.5, 0.6) is 0 Å². The molecule has 3 rings (SSSR count). The molecule has 0 aromatic heterocycles. The summed E-state index contributed by atoms with van der Waals surface area (Å²) >= 11 is 3.58. The molecule has 4 heteroatoms. The quantitative estimate of drug-likeness (QED) is 0.308. The van der Waals surface area contributed by atoms with Crippen molar-refractivity contribution in [2.45, 2.75) is 6.54 Å². The second-order valence-corrected chi connectivity index (χ2v) is 7.40. The average Bonchev–Trinajstić information content (AvgIpc) is 2.70. The summed E-state index contributed by atoms with van der Waals surface area (Å²) in [6, 6.07) is 27.7. The van der Waals surface area contributed by atoms with Crippen LogP contribution in [0.4, 0.5) is 0 Å². The lowest BCUT2D eigenvalue weighted by molar-refractivity contribution is 0.102. The number of likely N-dealkylation sites (N-methyl/N-ethyl adjacent to an activating group) is 1. The van der Waals surface area contributed by atoms with E-state index >= 15 is 0 Å². The zero-order chi connectivity index (χ0) is 19.1. The second kappa shape index (κ2) is 11.0. The van der Waals surface area contributed by atoms with Crippen LogP contribution in [0.2, 0.25) is 0 Å². The number of hydrogen-bond donors (Lipinski definition) is 0. The van der Waals surface area contributed by atoms with E-state index in [2.05, 4.69) is 33.0 Å². The van der Waals surface area contributed by atoms with Crippen LogP contribution in [0.25, 0.3) is 6.08 Å². The van der Waals surface area contributed by atoms with Crippen molar-refractivity contribution in [2.75, 3.05) is 13.6 Å². The van der Waals surface area contributed by atoms with Gasteiger partial charge in [-0.3, -0.25) is 9.69 Å². The van der Waals surface area contributed by atoms with E-state index in [9.17, 15) is 4.79 Å². The highest BCUT2D eigenvalue weighted by Crippen LogP contribution is 2.21. The minimum atomic E-state index is 0. The van der Waals surface area contributed by atoms with E-state index in [1.54, 1.807) is 0 Å². The van der Waals surface area contributed by atoms with Gasteiger partial charge in [0.1, 0.15) is 0 Å². The first-order valence-corrected chi connectivity index (χ1v) is 9.70. The Balaban J connectivity index is 0.00000280. The topological polar surface area (TPSA) is 20.3 Å². The van der Waals surface area contributed by atoms with Crippen molar-refractivity contribution in [3.8, 4) is 0 Å². The molecule has 0 aliphatic carbocycles. The van der Waals surface area contributed by atoms with Crippen molar-refractivity contribution < 1.29 is 4.79 Å². The summed E-state index contributed by atoms with van der Waals surface area (Å²) in [5.74, 6) is 0.0614. The largest absolute Gasteiger partial charge is 0.298 e. The summed E-state index contributed by atoms with van der Waals surface area (Å²) in [6.07, 6.45) is 1.99. The van der Waals surface area contributed by atoms with Gasteiger partial charge in [-0.05, 0) is 30.3 Å². The van der Waals surface area contributed by atoms with Crippen LogP contribution in [-0.2, 0) is 6.54 Å². The number of ketones is 1. The molecule has 0 amide bonds. The minimum Gasteiger partial charge on any atom is -0.298 e. The van der Waals surface area contributed by atoms with Gasteiger partial charge in [-0.1, -0.05) is 94.8 Å². The Morgan fingerprint density at radius 3 is 2.11 bits per heavy atom. The molecule has 0 bridgehead atoms. The molecule has 0 aliphatic rings. The van der Waals surface area contributed by atoms with Crippen LogP contribution in [0.15, 0.2) is 95.0 Å². The smallest absolute Gasteiger partial charge is 0.190 e. The molecule has 0 saturated carbocycles. The van der Waals surface area contributed by atoms with E-state index in [4.69, 9.17) is 0 Å². The highest BCUT2D eigenvalue weighted by atomic mass is 79.9. The van der Waals surface area contributed by atoms with E-state index in [0.29, 0.717) is 12.1 Å². The maximum Gasteiger partial charge on any atom is 0.190 e. The molecule has 3 aromatic carbocycles. The van der Waals surface area contributed by atoms with Crippen molar-refractivity contribution in [2.24, 2.45) is 0 Å². The molecule has 3 aromatic rings. The fourth-order valence-electron chi connectivity index (χ4n) is 2.98. The molecule has 0 saturated heterocycles. The van der Waals surface area contributed by atoms with Gasteiger partial charge in [0.05, 0.1) is 0 Å². The summed E-state index contributed by atoms with van der Waals surface area (Å²) in [7, 11) is 2.04. The van der Waals surface area contributed by atoms with E-state index in [1.807, 2.05) is 85.9 Å². The maximum atomic E-state index is 13.1. The first kappa shape index (κ1) is 22.1. The van der Waals surface area contributed by atoms with Crippen LogP contribution in [0.3, 0.4) is 0 Å². The molecule has 0 heterocycles. The van der Waals surface area contributed by atoms with Gasteiger partial charge in [0.15, 0.2) is 5.78 Å². The van der Waals surface area contributed by atoms with Crippen LogP contribution in [0.1, 0.15) is 21.5 Å². The Morgan fingerprint density at radius 2 is 1.46 bits per heavy atom. The van der Waals surface area contributed by atoms with Gasteiger partial charge in [-0.25, -0.2) is 0 Å². The number of carbonyl (C=O) groups excluding carboxylic acids is 1. The lowest BCUT2D eigenvalue weighted by Crippen LogP contribution is -2.24. The van der Waals surface area contributed by atoms with E-state index in [-0.39, 0.29) is 18.2 Å². The molecule has 0 unspecified atom stereocenters. The Morgan fingerprint density at radius 1 is 0.893 bits per heavy atom. The monoisotopic (exact) mass is 455 g/mol. The highest BCUT2D eigenvalue weighted by molar-refractivity contribution is 9.10. The Labute approximate surface area is 181 Å². The molecule has 144 valence electrons. The molecular weight excluding hydrogens is 434 g/mol. The summed E-state index contributed by atoms with van der Waals surface area (Å²) in [6.45, 7) is 1.36. The summed E-state index contributed by atoms with van der Waals surface area (Å²) in [5, 5.41) is 0. The van der Waals surface area contributed by atoms with Gasteiger partial charge in [0.2, 0.25) is 0 Å². The molecule has 0 aliphatic heterocycles. The fourth-order valence-corrected chi connectivity index (χ4v) is 3.38. The summed E-state index contributed by atoms with van der Waals surface area (Å²) in [5.41, 5.74) is 3.72. The van der Waals surface area contributed by atoms with Gasteiger partial charge >= 0.3 is 0 Å². The first-order chi connectivity index (χ1) is 13.1. The zero-order valence-electron chi connectivity index (χ0n) is 15.7. The predicted octanol–water partition coefficient (Wildman–Crippen LogP) is 6.27. The number of Topliss-reactive ketones (excluding diaryl/α,β-unsaturated/α-hetero) is 1. The molecule has 0 atom stereocenters. The van der Waals surface area contributed by atoms with Crippen LogP contribution >= 0.6 is 28.3 Å². The van der Waals surface area contributed by atoms with Gasteiger partial charge in [-0.15, -0.1) is 12.4 Å². The molecule has 28 heavy (non-hydrogen) atoms. The lowest BCUT2D eigenvalue weighted by atomic mass is 10.0. The summed E-state index contributed by atoms with van der Waals surface area (Å²) < 4.78 is 0.981. The van der Waals surface area contributed by atoms with Gasteiger partial charge < -0.3 is 0 Å². The fraction of sp³-hybridized carbons (Fsp3) is 0.125. The Bertz CT molecular complexity index is 926.